The van der Waals surface area contributed by atoms with E-state index in [1.165, 1.54) is 11.8 Å². The average Bonchev–Trinajstić information content (AvgIpc) is 2.36. The first kappa shape index (κ1) is 17.4. The number of carbonyl (C=O) groups excluding carboxylic acids is 2. The van der Waals surface area contributed by atoms with Gasteiger partial charge in [0.05, 0.1) is 0 Å². The normalized spacial score (nSPS) is 12.5. The number of primary amides is 1. The Morgan fingerprint density at radius 1 is 1.29 bits per heavy atom. The van der Waals surface area contributed by atoms with Crippen molar-refractivity contribution in [3.63, 3.8) is 0 Å². The third-order valence-electron chi connectivity index (χ3n) is 2.43. The molecule has 3 N–H and O–H groups in total. The molecule has 0 unspecified atom stereocenters. The van der Waals surface area contributed by atoms with E-state index in [-0.39, 0.29) is 0 Å². The van der Waals surface area contributed by atoms with Crippen LogP contribution in [0.3, 0.4) is 0 Å². The lowest BCUT2D eigenvalue weighted by Crippen LogP contribution is -2.47. The lowest BCUT2D eigenvalue weighted by atomic mass is 10.2. The van der Waals surface area contributed by atoms with Crippen molar-refractivity contribution in [1.82, 2.24) is 5.32 Å². The van der Waals surface area contributed by atoms with Crippen LogP contribution in [-0.4, -0.2) is 29.4 Å². The summed E-state index contributed by atoms with van der Waals surface area (Å²) in [4.78, 5) is 23.0. The van der Waals surface area contributed by atoms with Gasteiger partial charge in [-0.2, -0.15) is 11.8 Å². The summed E-state index contributed by atoms with van der Waals surface area (Å²) in [5, 5.41) is 2.50. The minimum Gasteiger partial charge on any atom is -0.444 e. The summed E-state index contributed by atoms with van der Waals surface area (Å²) in [6.07, 6.45) is -0.633. The van der Waals surface area contributed by atoms with Gasteiger partial charge in [-0.05, 0) is 26.3 Å². The molecule has 1 aromatic carbocycles. The minimum atomic E-state index is -0.742. The Hall–Kier alpha value is -1.69. The smallest absolute Gasteiger partial charge is 0.408 e. The maximum Gasteiger partial charge on any atom is 0.408 e. The van der Waals surface area contributed by atoms with Gasteiger partial charge in [0.15, 0.2) is 0 Å². The number of ether oxygens (including phenoxy) is 1. The molecule has 6 heteroatoms. The van der Waals surface area contributed by atoms with E-state index < -0.39 is 23.6 Å². The zero-order valence-corrected chi connectivity index (χ0v) is 13.4. The van der Waals surface area contributed by atoms with Gasteiger partial charge in [0, 0.05) is 11.5 Å². The number of alkyl carbamates (subject to hydrolysis) is 1. The number of carbonyl (C=O) groups is 2. The van der Waals surface area contributed by atoms with Crippen LogP contribution in [-0.2, 0) is 15.3 Å². The molecule has 1 rings (SSSR count). The standard InChI is InChI=1S/C15H22N2O3S/c1-15(2,3)20-14(19)17-12(13(16)18)10-21-9-11-7-5-4-6-8-11/h4-8,12H,9-10H2,1-3H3,(H2,16,18)(H,17,19)/t12-/m1/s1. The van der Waals surface area contributed by atoms with Gasteiger partial charge >= 0.3 is 6.09 Å². The molecule has 5 nitrogen and oxygen atoms in total. The summed E-state index contributed by atoms with van der Waals surface area (Å²) in [5.74, 6) is 0.589. The van der Waals surface area contributed by atoms with Crippen molar-refractivity contribution in [3.8, 4) is 0 Å². The summed E-state index contributed by atoms with van der Waals surface area (Å²) in [6.45, 7) is 5.28. The van der Waals surface area contributed by atoms with E-state index >= 15 is 0 Å². The average molecular weight is 310 g/mol. The Balaban J connectivity index is 2.43. The maximum atomic E-state index is 11.7. The number of hydrogen-bond acceptors (Lipinski definition) is 4. The fraction of sp³-hybridized carbons (Fsp3) is 0.467. The molecule has 0 aliphatic carbocycles. The van der Waals surface area contributed by atoms with Crippen molar-refractivity contribution in [2.24, 2.45) is 5.73 Å². The van der Waals surface area contributed by atoms with Gasteiger partial charge in [0.1, 0.15) is 11.6 Å². The van der Waals surface area contributed by atoms with Crippen LogP contribution in [0.4, 0.5) is 4.79 Å². The summed E-state index contributed by atoms with van der Waals surface area (Å²) in [6, 6.07) is 9.14. The topological polar surface area (TPSA) is 81.4 Å². The zero-order chi connectivity index (χ0) is 15.9. The fourth-order valence-electron chi connectivity index (χ4n) is 1.51. The monoisotopic (exact) mass is 310 g/mol. The van der Waals surface area contributed by atoms with E-state index in [2.05, 4.69) is 5.32 Å². The van der Waals surface area contributed by atoms with E-state index in [0.717, 1.165) is 11.3 Å². The van der Waals surface area contributed by atoms with E-state index in [1.54, 1.807) is 20.8 Å². The van der Waals surface area contributed by atoms with Gasteiger partial charge < -0.3 is 15.8 Å². The van der Waals surface area contributed by atoms with Gasteiger partial charge in [-0.1, -0.05) is 30.3 Å². The van der Waals surface area contributed by atoms with Gasteiger partial charge in [-0.15, -0.1) is 0 Å². The summed E-state index contributed by atoms with van der Waals surface area (Å²) in [7, 11) is 0. The van der Waals surface area contributed by atoms with Gasteiger partial charge in [0.2, 0.25) is 5.91 Å². The van der Waals surface area contributed by atoms with Crippen molar-refractivity contribution in [2.45, 2.75) is 38.2 Å². The maximum absolute atomic E-state index is 11.7. The molecular formula is C15H22N2O3S. The Morgan fingerprint density at radius 3 is 2.43 bits per heavy atom. The first-order chi connectivity index (χ1) is 9.78. The summed E-state index contributed by atoms with van der Waals surface area (Å²) < 4.78 is 5.12. The second kappa shape index (κ2) is 7.93. The Morgan fingerprint density at radius 2 is 1.90 bits per heavy atom. The first-order valence-corrected chi connectivity index (χ1v) is 7.84. The number of nitrogens with one attached hydrogen (secondary N) is 1. The molecule has 0 saturated heterocycles. The first-order valence-electron chi connectivity index (χ1n) is 6.68. The number of hydrogen-bond donors (Lipinski definition) is 2. The second-order valence-electron chi connectivity index (χ2n) is 5.60. The minimum absolute atomic E-state index is 0.406. The van der Waals surface area contributed by atoms with Gasteiger partial charge in [-0.25, -0.2) is 4.79 Å². The fourth-order valence-corrected chi connectivity index (χ4v) is 2.54. The zero-order valence-electron chi connectivity index (χ0n) is 12.6. The summed E-state index contributed by atoms with van der Waals surface area (Å²) in [5.41, 5.74) is 5.85. The molecule has 1 aromatic rings. The van der Waals surface area contributed by atoms with Crippen LogP contribution in [0.25, 0.3) is 0 Å². The van der Waals surface area contributed by atoms with Crippen LogP contribution in [0.2, 0.25) is 0 Å². The third-order valence-corrected chi connectivity index (χ3v) is 3.54. The third kappa shape index (κ3) is 7.60. The number of amides is 2. The van der Waals surface area contributed by atoms with Crippen LogP contribution in [0.15, 0.2) is 30.3 Å². The number of thioether (sulfide) groups is 1. The van der Waals surface area contributed by atoms with E-state index in [4.69, 9.17) is 10.5 Å². The van der Waals surface area contributed by atoms with Crippen molar-refractivity contribution in [2.75, 3.05) is 5.75 Å². The molecule has 21 heavy (non-hydrogen) atoms. The molecule has 2 amide bonds. The largest absolute Gasteiger partial charge is 0.444 e. The lowest BCUT2D eigenvalue weighted by molar-refractivity contribution is -0.119. The Kier molecular flexibility index (Phi) is 6.55. The van der Waals surface area contributed by atoms with Crippen LogP contribution >= 0.6 is 11.8 Å². The second-order valence-corrected chi connectivity index (χ2v) is 6.63. The predicted molar refractivity (Wildman–Crippen MR) is 85.0 cm³/mol. The van der Waals surface area contributed by atoms with E-state index in [9.17, 15) is 9.59 Å². The number of rotatable bonds is 6. The molecule has 1 atom stereocenters. The molecule has 0 aliphatic heterocycles. The van der Waals surface area contributed by atoms with Gasteiger partial charge in [0.25, 0.3) is 0 Å². The van der Waals surface area contributed by atoms with Crippen LogP contribution < -0.4 is 11.1 Å². The molecule has 0 aromatic heterocycles. The van der Waals surface area contributed by atoms with E-state index in [0.29, 0.717) is 5.75 Å². The van der Waals surface area contributed by atoms with Crippen molar-refractivity contribution < 1.29 is 14.3 Å². The van der Waals surface area contributed by atoms with Crippen LogP contribution in [0, 0.1) is 0 Å². The molecule has 0 fully saturated rings. The van der Waals surface area contributed by atoms with E-state index in [1.807, 2.05) is 30.3 Å². The highest BCUT2D eigenvalue weighted by atomic mass is 32.2. The Bertz CT molecular complexity index is 472. The van der Waals surface area contributed by atoms with Gasteiger partial charge in [-0.3, -0.25) is 4.79 Å². The van der Waals surface area contributed by atoms with Crippen LogP contribution in [0.1, 0.15) is 26.3 Å². The molecule has 0 bridgehead atoms. The summed E-state index contributed by atoms with van der Waals surface area (Å²) >= 11 is 1.53. The SMILES string of the molecule is CC(C)(C)OC(=O)N[C@H](CSCc1ccccc1)C(N)=O. The van der Waals surface area contributed by atoms with Crippen molar-refractivity contribution >= 4 is 23.8 Å². The van der Waals surface area contributed by atoms with Crippen LogP contribution in [0.5, 0.6) is 0 Å². The van der Waals surface area contributed by atoms with Crippen molar-refractivity contribution in [1.29, 1.82) is 0 Å². The molecule has 0 spiro atoms. The highest BCUT2D eigenvalue weighted by Crippen LogP contribution is 2.13. The number of benzene rings is 1. The molecule has 116 valence electrons. The lowest BCUT2D eigenvalue weighted by Gasteiger charge is -2.22. The predicted octanol–water partition coefficient (Wildman–Crippen LogP) is 2.30. The Labute approximate surface area is 129 Å². The molecule has 0 radical (unpaired) electrons. The molecular weight excluding hydrogens is 288 g/mol. The number of nitrogens with two attached hydrogens (primary N) is 1. The highest BCUT2D eigenvalue weighted by molar-refractivity contribution is 7.98. The molecule has 0 aliphatic rings. The highest BCUT2D eigenvalue weighted by Gasteiger charge is 2.22. The molecule has 0 heterocycles. The molecule has 0 saturated carbocycles. The van der Waals surface area contributed by atoms with Crippen molar-refractivity contribution in [3.05, 3.63) is 35.9 Å². The quantitative estimate of drug-likeness (QED) is 0.844.